The third kappa shape index (κ3) is 2.82. The molecule has 1 N–H and O–H groups in total. The van der Waals surface area contributed by atoms with Crippen LogP contribution in [0.5, 0.6) is 0 Å². The van der Waals surface area contributed by atoms with Crippen LogP contribution in [0.25, 0.3) is 0 Å². The lowest BCUT2D eigenvalue weighted by atomic mass is 9.86. The van der Waals surface area contributed by atoms with Crippen molar-refractivity contribution in [2.45, 2.75) is 45.6 Å². The van der Waals surface area contributed by atoms with Crippen LogP contribution in [-0.4, -0.2) is 37.0 Å². The Labute approximate surface area is 105 Å². The highest BCUT2D eigenvalue weighted by Gasteiger charge is 2.34. The minimum atomic E-state index is 0.208. The molecule has 3 nitrogen and oxygen atoms in total. The van der Waals surface area contributed by atoms with Crippen molar-refractivity contribution in [1.29, 1.82) is 0 Å². The molecule has 17 heavy (non-hydrogen) atoms. The lowest BCUT2D eigenvalue weighted by molar-refractivity contribution is -0.137. The van der Waals surface area contributed by atoms with E-state index in [-0.39, 0.29) is 5.92 Å². The normalized spacial score (nSPS) is 38.1. The first kappa shape index (κ1) is 12.9. The Bertz CT molecular complexity index is 271. The summed E-state index contributed by atoms with van der Waals surface area (Å²) < 4.78 is 0. The molecule has 2 atom stereocenters. The van der Waals surface area contributed by atoms with E-state index in [1.54, 1.807) is 0 Å². The number of amides is 1. The van der Waals surface area contributed by atoms with Gasteiger partial charge >= 0.3 is 0 Å². The van der Waals surface area contributed by atoms with E-state index in [4.69, 9.17) is 0 Å². The van der Waals surface area contributed by atoms with E-state index in [0.717, 1.165) is 19.0 Å². The number of hydrogen-bond acceptors (Lipinski definition) is 2. The molecule has 1 saturated carbocycles. The standard InChI is InChI=1S/C14H26N2O/c1-10-4-6-12(7-5-10)16(3)14(17)13-9-15-8-11(13)2/h10-13,15H,4-9H2,1-3H3/t10?,11-,12?,13-/m1/s1. The first-order valence-corrected chi connectivity index (χ1v) is 7.07. The predicted molar refractivity (Wildman–Crippen MR) is 69.7 cm³/mol. The van der Waals surface area contributed by atoms with Crippen LogP contribution < -0.4 is 5.32 Å². The minimum absolute atomic E-state index is 0.208. The molecule has 3 heteroatoms. The highest BCUT2D eigenvalue weighted by molar-refractivity contribution is 5.79. The summed E-state index contributed by atoms with van der Waals surface area (Å²) in [5.41, 5.74) is 0. The molecule has 0 radical (unpaired) electrons. The lowest BCUT2D eigenvalue weighted by Crippen LogP contribution is -2.44. The molecule has 1 heterocycles. The minimum Gasteiger partial charge on any atom is -0.342 e. The average molecular weight is 238 g/mol. The van der Waals surface area contributed by atoms with Crippen LogP contribution in [0, 0.1) is 17.8 Å². The fourth-order valence-corrected chi connectivity index (χ4v) is 3.21. The van der Waals surface area contributed by atoms with E-state index < -0.39 is 0 Å². The second-order valence-corrected chi connectivity index (χ2v) is 6.10. The van der Waals surface area contributed by atoms with Crippen molar-refractivity contribution < 1.29 is 4.79 Å². The van der Waals surface area contributed by atoms with Gasteiger partial charge in [-0.2, -0.15) is 0 Å². The van der Waals surface area contributed by atoms with E-state index in [1.165, 1.54) is 25.7 Å². The van der Waals surface area contributed by atoms with Gasteiger partial charge in [0.05, 0.1) is 5.92 Å². The summed E-state index contributed by atoms with van der Waals surface area (Å²) >= 11 is 0. The molecule has 2 fully saturated rings. The Morgan fingerprint density at radius 2 is 1.76 bits per heavy atom. The van der Waals surface area contributed by atoms with Gasteiger partial charge in [-0.05, 0) is 44.1 Å². The smallest absolute Gasteiger partial charge is 0.227 e. The van der Waals surface area contributed by atoms with Crippen molar-refractivity contribution in [3.05, 3.63) is 0 Å². The summed E-state index contributed by atoms with van der Waals surface area (Å²) in [4.78, 5) is 14.5. The van der Waals surface area contributed by atoms with Gasteiger partial charge in [0.1, 0.15) is 0 Å². The van der Waals surface area contributed by atoms with Gasteiger partial charge in [0.25, 0.3) is 0 Å². The molecule has 0 spiro atoms. The first-order valence-electron chi connectivity index (χ1n) is 7.07. The monoisotopic (exact) mass is 238 g/mol. The van der Waals surface area contributed by atoms with E-state index in [1.807, 2.05) is 11.9 Å². The van der Waals surface area contributed by atoms with Gasteiger partial charge in [0, 0.05) is 19.6 Å². The van der Waals surface area contributed by atoms with Crippen LogP contribution >= 0.6 is 0 Å². The Morgan fingerprint density at radius 3 is 2.29 bits per heavy atom. The molecule has 1 amide bonds. The molecule has 0 aromatic carbocycles. The third-order valence-corrected chi connectivity index (χ3v) is 4.72. The van der Waals surface area contributed by atoms with Crippen molar-refractivity contribution in [2.24, 2.45) is 17.8 Å². The number of hydrogen-bond donors (Lipinski definition) is 1. The van der Waals surface area contributed by atoms with E-state index in [2.05, 4.69) is 19.2 Å². The largest absolute Gasteiger partial charge is 0.342 e. The first-order chi connectivity index (χ1) is 8.09. The molecule has 0 aromatic heterocycles. The molecule has 1 aliphatic heterocycles. The third-order valence-electron chi connectivity index (χ3n) is 4.72. The summed E-state index contributed by atoms with van der Waals surface area (Å²) in [6, 6.07) is 0.492. The van der Waals surface area contributed by atoms with Crippen LogP contribution in [0.2, 0.25) is 0 Å². The van der Waals surface area contributed by atoms with Crippen molar-refractivity contribution in [2.75, 3.05) is 20.1 Å². The fraction of sp³-hybridized carbons (Fsp3) is 0.929. The number of carbonyl (C=O) groups is 1. The second-order valence-electron chi connectivity index (χ2n) is 6.10. The Morgan fingerprint density at radius 1 is 1.12 bits per heavy atom. The summed E-state index contributed by atoms with van der Waals surface area (Å²) in [5.74, 6) is 1.91. The molecule has 1 aliphatic carbocycles. The van der Waals surface area contributed by atoms with Crippen molar-refractivity contribution >= 4 is 5.91 Å². The molecular weight excluding hydrogens is 212 g/mol. The molecule has 98 valence electrons. The van der Waals surface area contributed by atoms with Gasteiger partial charge in [-0.25, -0.2) is 0 Å². The summed E-state index contributed by atoms with van der Waals surface area (Å²) in [6.45, 7) is 6.36. The number of nitrogens with one attached hydrogen (secondary N) is 1. The Balaban J connectivity index is 1.90. The Hall–Kier alpha value is -0.570. The van der Waals surface area contributed by atoms with Gasteiger partial charge in [0.2, 0.25) is 5.91 Å². The highest BCUT2D eigenvalue weighted by Crippen LogP contribution is 2.28. The lowest BCUT2D eigenvalue weighted by Gasteiger charge is -2.35. The van der Waals surface area contributed by atoms with Crippen LogP contribution in [0.1, 0.15) is 39.5 Å². The number of rotatable bonds is 2. The van der Waals surface area contributed by atoms with Crippen molar-refractivity contribution in [3.63, 3.8) is 0 Å². The molecule has 2 aliphatic rings. The van der Waals surface area contributed by atoms with E-state index in [0.29, 0.717) is 17.9 Å². The van der Waals surface area contributed by atoms with E-state index in [9.17, 15) is 4.79 Å². The molecule has 0 unspecified atom stereocenters. The van der Waals surface area contributed by atoms with Crippen LogP contribution in [0.15, 0.2) is 0 Å². The number of nitrogens with zero attached hydrogens (tertiary/aromatic N) is 1. The van der Waals surface area contributed by atoms with Gasteiger partial charge in [-0.3, -0.25) is 4.79 Å². The molecule has 0 bridgehead atoms. The second kappa shape index (κ2) is 5.38. The highest BCUT2D eigenvalue weighted by atomic mass is 16.2. The molecule has 1 saturated heterocycles. The van der Waals surface area contributed by atoms with Gasteiger partial charge < -0.3 is 10.2 Å². The van der Waals surface area contributed by atoms with Crippen LogP contribution in [-0.2, 0) is 4.79 Å². The number of carbonyl (C=O) groups excluding carboxylic acids is 1. The van der Waals surface area contributed by atoms with E-state index >= 15 is 0 Å². The van der Waals surface area contributed by atoms with Crippen LogP contribution in [0.4, 0.5) is 0 Å². The predicted octanol–water partition coefficient (Wildman–Crippen LogP) is 1.88. The van der Waals surface area contributed by atoms with Gasteiger partial charge in [-0.15, -0.1) is 0 Å². The maximum absolute atomic E-state index is 12.4. The summed E-state index contributed by atoms with van der Waals surface area (Å²) in [5, 5.41) is 3.32. The average Bonchev–Trinajstić information content (AvgIpc) is 2.74. The molecule has 0 aromatic rings. The Kier molecular flexibility index (Phi) is 4.08. The topological polar surface area (TPSA) is 32.3 Å². The van der Waals surface area contributed by atoms with Crippen molar-refractivity contribution in [1.82, 2.24) is 10.2 Å². The summed E-state index contributed by atoms with van der Waals surface area (Å²) in [7, 11) is 2.01. The quantitative estimate of drug-likeness (QED) is 0.796. The zero-order chi connectivity index (χ0) is 12.4. The SMILES string of the molecule is CC1CCC(N(C)C(=O)[C@@H]2CNC[C@H]2C)CC1. The maximum atomic E-state index is 12.4. The van der Waals surface area contributed by atoms with Gasteiger partial charge in [0.15, 0.2) is 0 Å². The van der Waals surface area contributed by atoms with Crippen molar-refractivity contribution in [3.8, 4) is 0 Å². The summed E-state index contributed by atoms with van der Waals surface area (Å²) in [6.07, 6.45) is 4.94. The zero-order valence-electron chi connectivity index (χ0n) is 11.4. The maximum Gasteiger partial charge on any atom is 0.227 e. The fourth-order valence-electron chi connectivity index (χ4n) is 3.21. The molecule has 2 rings (SSSR count). The molecular formula is C14H26N2O. The van der Waals surface area contributed by atoms with Gasteiger partial charge in [-0.1, -0.05) is 13.8 Å². The zero-order valence-corrected chi connectivity index (χ0v) is 11.4. The van der Waals surface area contributed by atoms with Crippen LogP contribution in [0.3, 0.4) is 0 Å².